The number of urea groups is 1. The molecule has 1 aromatic rings. The monoisotopic (exact) mass is 281 g/mol. The standard InChI is InChI=1S/C14H23N3O3/c1-12(11-13-3-2-8-20-13)16-14(18)15-4-5-17-6-9-19-10-7-17/h2-3,8,12H,4-7,9-11H2,1H3,(H2,15,16,18). The third-order valence-corrected chi connectivity index (χ3v) is 3.28. The number of furan rings is 1. The summed E-state index contributed by atoms with van der Waals surface area (Å²) in [6.07, 6.45) is 2.34. The van der Waals surface area contributed by atoms with Crippen LogP contribution in [-0.2, 0) is 11.2 Å². The van der Waals surface area contributed by atoms with Crippen LogP contribution < -0.4 is 10.6 Å². The van der Waals surface area contributed by atoms with Crippen molar-refractivity contribution < 1.29 is 13.9 Å². The van der Waals surface area contributed by atoms with E-state index in [1.54, 1.807) is 6.26 Å². The van der Waals surface area contributed by atoms with Crippen LogP contribution in [0.4, 0.5) is 4.79 Å². The predicted molar refractivity (Wildman–Crippen MR) is 75.7 cm³/mol. The van der Waals surface area contributed by atoms with Gasteiger partial charge in [0.2, 0.25) is 0 Å². The molecule has 1 saturated heterocycles. The third kappa shape index (κ3) is 5.22. The molecule has 1 fully saturated rings. The summed E-state index contributed by atoms with van der Waals surface area (Å²) in [6, 6.07) is 3.68. The number of hydrogen-bond donors (Lipinski definition) is 2. The molecule has 0 radical (unpaired) electrons. The van der Waals surface area contributed by atoms with Gasteiger partial charge in [-0.2, -0.15) is 0 Å². The number of amides is 2. The number of hydrogen-bond acceptors (Lipinski definition) is 4. The van der Waals surface area contributed by atoms with E-state index in [2.05, 4.69) is 15.5 Å². The lowest BCUT2D eigenvalue weighted by atomic mass is 10.2. The highest BCUT2D eigenvalue weighted by atomic mass is 16.5. The number of carbonyl (C=O) groups is 1. The van der Waals surface area contributed by atoms with E-state index in [-0.39, 0.29) is 12.1 Å². The van der Waals surface area contributed by atoms with Crippen LogP contribution in [0.2, 0.25) is 0 Å². The molecule has 20 heavy (non-hydrogen) atoms. The van der Waals surface area contributed by atoms with E-state index >= 15 is 0 Å². The average molecular weight is 281 g/mol. The molecule has 0 spiro atoms. The van der Waals surface area contributed by atoms with Gasteiger partial charge in [0.15, 0.2) is 0 Å². The first-order chi connectivity index (χ1) is 9.74. The Bertz CT molecular complexity index is 388. The molecule has 0 aromatic carbocycles. The van der Waals surface area contributed by atoms with Gasteiger partial charge in [-0.15, -0.1) is 0 Å². The molecule has 2 amide bonds. The van der Waals surface area contributed by atoms with Crippen LogP contribution in [0.25, 0.3) is 0 Å². The highest BCUT2D eigenvalue weighted by molar-refractivity contribution is 5.74. The van der Waals surface area contributed by atoms with Gasteiger partial charge in [-0.1, -0.05) is 0 Å². The van der Waals surface area contributed by atoms with E-state index in [9.17, 15) is 4.79 Å². The third-order valence-electron chi connectivity index (χ3n) is 3.28. The fourth-order valence-corrected chi connectivity index (χ4v) is 2.21. The van der Waals surface area contributed by atoms with Crippen molar-refractivity contribution in [2.24, 2.45) is 0 Å². The number of nitrogens with zero attached hydrogens (tertiary/aromatic N) is 1. The maximum Gasteiger partial charge on any atom is 0.315 e. The summed E-state index contributed by atoms with van der Waals surface area (Å²) in [6.45, 7) is 6.93. The van der Waals surface area contributed by atoms with Crippen LogP contribution in [0.3, 0.4) is 0 Å². The molecule has 6 nitrogen and oxygen atoms in total. The first-order valence-corrected chi connectivity index (χ1v) is 7.11. The maximum atomic E-state index is 11.7. The summed E-state index contributed by atoms with van der Waals surface area (Å²) in [4.78, 5) is 14.0. The highest BCUT2D eigenvalue weighted by Gasteiger charge is 2.11. The number of morpholine rings is 1. The minimum atomic E-state index is -0.127. The van der Waals surface area contributed by atoms with Gasteiger partial charge in [-0.3, -0.25) is 4.90 Å². The Balaban J connectivity index is 1.57. The van der Waals surface area contributed by atoms with Crippen LogP contribution >= 0.6 is 0 Å². The van der Waals surface area contributed by atoms with E-state index in [4.69, 9.17) is 9.15 Å². The van der Waals surface area contributed by atoms with Gasteiger partial charge >= 0.3 is 6.03 Å². The first-order valence-electron chi connectivity index (χ1n) is 7.11. The molecule has 2 rings (SSSR count). The molecule has 0 aliphatic carbocycles. The predicted octanol–water partition coefficient (Wildman–Crippen LogP) is 0.842. The summed E-state index contributed by atoms with van der Waals surface area (Å²) in [5.41, 5.74) is 0. The Hall–Kier alpha value is -1.53. The molecular weight excluding hydrogens is 258 g/mol. The zero-order valence-electron chi connectivity index (χ0n) is 11.9. The summed E-state index contributed by atoms with van der Waals surface area (Å²) in [5, 5.41) is 5.78. The van der Waals surface area contributed by atoms with E-state index in [1.807, 2.05) is 19.1 Å². The van der Waals surface area contributed by atoms with Gasteiger partial charge in [0, 0.05) is 38.6 Å². The smallest absolute Gasteiger partial charge is 0.315 e. The molecule has 1 aromatic heterocycles. The van der Waals surface area contributed by atoms with Crippen LogP contribution in [0.5, 0.6) is 0 Å². The SMILES string of the molecule is CC(Cc1ccco1)NC(=O)NCCN1CCOCC1. The quantitative estimate of drug-likeness (QED) is 0.811. The molecule has 0 saturated carbocycles. The number of ether oxygens (including phenoxy) is 1. The lowest BCUT2D eigenvalue weighted by molar-refractivity contribution is 0.0387. The van der Waals surface area contributed by atoms with E-state index in [1.165, 1.54) is 0 Å². The number of nitrogens with one attached hydrogen (secondary N) is 2. The maximum absolute atomic E-state index is 11.7. The molecule has 1 unspecified atom stereocenters. The Morgan fingerprint density at radius 2 is 2.25 bits per heavy atom. The summed E-state index contributed by atoms with van der Waals surface area (Å²) in [5.74, 6) is 0.881. The van der Waals surface area contributed by atoms with Gasteiger partial charge in [-0.25, -0.2) is 4.79 Å². The van der Waals surface area contributed by atoms with Gasteiger partial charge in [0.05, 0.1) is 19.5 Å². The Labute approximate surface area is 119 Å². The van der Waals surface area contributed by atoms with Gasteiger partial charge in [0.1, 0.15) is 5.76 Å². The largest absolute Gasteiger partial charge is 0.469 e. The Morgan fingerprint density at radius 1 is 1.45 bits per heavy atom. The fraction of sp³-hybridized carbons (Fsp3) is 0.643. The molecule has 112 valence electrons. The minimum Gasteiger partial charge on any atom is -0.469 e. The van der Waals surface area contributed by atoms with Crippen molar-refractivity contribution in [3.63, 3.8) is 0 Å². The fourth-order valence-electron chi connectivity index (χ4n) is 2.21. The van der Waals surface area contributed by atoms with Crippen molar-refractivity contribution in [1.29, 1.82) is 0 Å². The topological polar surface area (TPSA) is 66.7 Å². The van der Waals surface area contributed by atoms with Crippen molar-refractivity contribution in [2.75, 3.05) is 39.4 Å². The van der Waals surface area contributed by atoms with Gasteiger partial charge < -0.3 is 19.8 Å². The molecule has 0 bridgehead atoms. The first kappa shape index (κ1) is 14.9. The second-order valence-corrected chi connectivity index (χ2v) is 5.04. The Morgan fingerprint density at radius 3 is 2.95 bits per heavy atom. The lowest BCUT2D eigenvalue weighted by Gasteiger charge is -2.26. The number of rotatable bonds is 6. The van der Waals surface area contributed by atoms with Gasteiger partial charge in [-0.05, 0) is 19.1 Å². The molecular formula is C14H23N3O3. The zero-order valence-corrected chi connectivity index (χ0v) is 11.9. The summed E-state index contributed by atoms with van der Waals surface area (Å²) >= 11 is 0. The van der Waals surface area contributed by atoms with Crippen LogP contribution in [0.1, 0.15) is 12.7 Å². The molecule has 6 heteroatoms. The van der Waals surface area contributed by atoms with E-state index < -0.39 is 0 Å². The Kier molecular flexibility index (Phi) is 5.88. The molecule has 2 heterocycles. The molecule has 1 atom stereocenters. The lowest BCUT2D eigenvalue weighted by Crippen LogP contribution is -2.46. The minimum absolute atomic E-state index is 0.0459. The highest BCUT2D eigenvalue weighted by Crippen LogP contribution is 2.03. The van der Waals surface area contributed by atoms with Crippen molar-refractivity contribution in [3.05, 3.63) is 24.2 Å². The van der Waals surface area contributed by atoms with Crippen LogP contribution in [0.15, 0.2) is 22.8 Å². The van der Waals surface area contributed by atoms with Gasteiger partial charge in [0.25, 0.3) is 0 Å². The van der Waals surface area contributed by atoms with Crippen LogP contribution in [0, 0.1) is 0 Å². The average Bonchev–Trinajstić information content (AvgIpc) is 2.92. The molecule has 1 aliphatic heterocycles. The second-order valence-electron chi connectivity index (χ2n) is 5.04. The second kappa shape index (κ2) is 7.91. The number of carbonyl (C=O) groups excluding carboxylic acids is 1. The van der Waals surface area contributed by atoms with Crippen molar-refractivity contribution in [2.45, 2.75) is 19.4 Å². The summed E-state index contributed by atoms with van der Waals surface area (Å²) < 4.78 is 10.5. The summed E-state index contributed by atoms with van der Waals surface area (Å²) in [7, 11) is 0. The molecule has 1 aliphatic rings. The van der Waals surface area contributed by atoms with E-state index in [0.29, 0.717) is 13.0 Å². The van der Waals surface area contributed by atoms with Crippen molar-refractivity contribution in [3.8, 4) is 0 Å². The van der Waals surface area contributed by atoms with Crippen molar-refractivity contribution >= 4 is 6.03 Å². The molecule has 2 N–H and O–H groups in total. The zero-order chi connectivity index (χ0) is 14.2. The van der Waals surface area contributed by atoms with Crippen molar-refractivity contribution in [1.82, 2.24) is 15.5 Å². The van der Waals surface area contributed by atoms with Crippen LogP contribution in [-0.4, -0.2) is 56.4 Å². The normalized spacial score (nSPS) is 17.6. The van der Waals surface area contributed by atoms with E-state index in [0.717, 1.165) is 38.6 Å².